The molecule has 186 valence electrons. The summed E-state index contributed by atoms with van der Waals surface area (Å²) in [5, 5.41) is 14.9. The summed E-state index contributed by atoms with van der Waals surface area (Å²) in [7, 11) is 0. The molecule has 2 atom stereocenters. The zero-order valence-electron chi connectivity index (χ0n) is 20.6. The van der Waals surface area contributed by atoms with Crippen LogP contribution in [0.1, 0.15) is 92.3 Å². The second-order valence-electron chi connectivity index (χ2n) is 10.7. The van der Waals surface area contributed by atoms with E-state index in [2.05, 4.69) is 41.2 Å². The third kappa shape index (κ3) is 4.75. The topological polar surface area (TPSA) is 84.2 Å². The molecule has 0 unspecified atom stereocenters. The molecule has 2 saturated carbocycles. The molecular formula is C28H35N3O3S. The van der Waals surface area contributed by atoms with Gasteiger partial charge in [-0.25, -0.2) is 9.78 Å². The van der Waals surface area contributed by atoms with Crippen molar-refractivity contribution in [3.8, 4) is 0 Å². The molecule has 0 radical (unpaired) electrons. The fourth-order valence-electron chi connectivity index (χ4n) is 5.97. The van der Waals surface area contributed by atoms with E-state index in [1.165, 1.54) is 24.1 Å². The normalized spacial score (nSPS) is 27.1. The van der Waals surface area contributed by atoms with E-state index in [1.807, 2.05) is 18.2 Å². The minimum atomic E-state index is -1.18. The van der Waals surface area contributed by atoms with Crippen molar-refractivity contribution >= 4 is 34.2 Å². The number of fused-ring (bicyclic) bond motifs is 1. The van der Waals surface area contributed by atoms with E-state index in [0.717, 1.165) is 42.5 Å². The molecule has 5 rings (SSSR count). The van der Waals surface area contributed by atoms with Crippen molar-refractivity contribution in [1.29, 1.82) is 0 Å². The summed E-state index contributed by atoms with van der Waals surface area (Å²) in [5.41, 5.74) is 1.16. The van der Waals surface area contributed by atoms with Gasteiger partial charge in [-0.2, -0.15) is 0 Å². The number of carboxylic acid groups (broad SMARTS) is 1. The first-order valence-corrected chi connectivity index (χ1v) is 13.8. The summed E-state index contributed by atoms with van der Waals surface area (Å²) < 4.78 is 2.42. The van der Waals surface area contributed by atoms with Crippen molar-refractivity contribution in [2.45, 2.75) is 83.2 Å². The van der Waals surface area contributed by atoms with Crippen LogP contribution in [0.4, 0.5) is 0 Å². The van der Waals surface area contributed by atoms with Crippen molar-refractivity contribution in [2.24, 2.45) is 11.8 Å². The lowest BCUT2D eigenvalue weighted by molar-refractivity contribution is -0.146. The van der Waals surface area contributed by atoms with Gasteiger partial charge in [-0.15, -0.1) is 11.3 Å². The van der Waals surface area contributed by atoms with Gasteiger partial charge in [0.05, 0.1) is 11.0 Å². The lowest BCUT2D eigenvalue weighted by Crippen LogP contribution is -2.56. The van der Waals surface area contributed by atoms with Crippen molar-refractivity contribution in [2.75, 3.05) is 0 Å². The number of aliphatic carboxylic acids is 1. The number of thiophene rings is 1. The maximum atomic E-state index is 13.2. The molecule has 1 aromatic carbocycles. The number of imidazole rings is 1. The van der Waals surface area contributed by atoms with E-state index in [1.54, 1.807) is 11.3 Å². The van der Waals surface area contributed by atoms with Gasteiger partial charge in [0.2, 0.25) is 0 Å². The van der Waals surface area contributed by atoms with Crippen LogP contribution in [-0.4, -0.2) is 32.1 Å². The number of hydrogen-bond acceptors (Lipinski definition) is 4. The number of carbonyl (C=O) groups excluding carboxylic acids is 1. The number of nitrogens with one attached hydrogen (secondary N) is 1. The van der Waals surface area contributed by atoms with E-state index in [0.29, 0.717) is 36.3 Å². The highest BCUT2D eigenvalue weighted by Gasteiger charge is 2.42. The average molecular weight is 494 g/mol. The van der Waals surface area contributed by atoms with Crippen molar-refractivity contribution < 1.29 is 14.7 Å². The first-order valence-electron chi connectivity index (χ1n) is 13.0. The highest BCUT2D eigenvalue weighted by Crippen LogP contribution is 2.38. The first-order chi connectivity index (χ1) is 16.9. The molecule has 2 aliphatic carbocycles. The summed E-state index contributed by atoms with van der Waals surface area (Å²) in [6.07, 6.45) is 8.20. The Bertz CT molecular complexity index is 1210. The number of nitrogens with zero attached hydrogens (tertiary/aromatic N) is 2. The molecular weight excluding hydrogens is 458 g/mol. The summed E-state index contributed by atoms with van der Waals surface area (Å²) >= 11 is 1.74. The van der Waals surface area contributed by atoms with Gasteiger partial charge in [-0.3, -0.25) is 4.79 Å². The van der Waals surface area contributed by atoms with Crippen molar-refractivity contribution in [1.82, 2.24) is 14.9 Å². The molecule has 0 bridgehead atoms. The molecule has 2 heterocycles. The SMILES string of the molecule is CC1CCC(NC(=O)c2ccc3c(c2)nc(Cc2cccs2)n3[C@@H]2CCCC[C@H]2C)(C(=O)O)CC1. The van der Waals surface area contributed by atoms with Crippen LogP contribution in [0.5, 0.6) is 0 Å². The molecule has 35 heavy (non-hydrogen) atoms. The van der Waals surface area contributed by atoms with Crippen LogP contribution in [-0.2, 0) is 11.2 Å². The Morgan fingerprint density at radius 1 is 1.14 bits per heavy atom. The standard InChI is InChI=1S/C28H35N3O3S/c1-18-11-13-28(14-12-18,27(33)34)30-26(32)20-9-10-24-22(16-20)29-25(17-21-7-5-15-35-21)31(24)23-8-4-3-6-19(23)2/h5,7,9-10,15-16,18-19,23H,3-4,6,8,11-14,17H2,1-2H3,(H,30,32)(H,33,34)/t18?,19-,23-,28?/m1/s1. The predicted octanol–water partition coefficient (Wildman–Crippen LogP) is 6.20. The number of aromatic nitrogens is 2. The van der Waals surface area contributed by atoms with Crippen LogP contribution < -0.4 is 5.32 Å². The largest absolute Gasteiger partial charge is 0.480 e. The molecule has 2 aliphatic rings. The Labute approximate surface area is 210 Å². The third-order valence-electron chi connectivity index (χ3n) is 8.23. The Morgan fingerprint density at radius 3 is 2.60 bits per heavy atom. The lowest BCUT2D eigenvalue weighted by atomic mass is 9.77. The van der Waals surface area contributed by atoms with E-state index in [9.17, 15) is 14.7 Å². The van der Waals surface area contributed by atoms with Gasteiger partial charge >= 0.3 is 5.97 Å². The fraction of sp³-hybridized carbons (Fsp3) is 0.536. The van der Waals surface area contributed by atoms with Crippen LogP contribution >= 0.6 is 11.3 Å². The second-order valence-corrected chi connectivity index (χ2v) is 11.7. The monoisotopic (exact) mass is 493 g/mol. The highest BCUT2D eigenvalue weighted by molar-refractivity contribution is 7.09. The average Bonchev–Trinajstić information content (AvgIpc) is 3.48. The van der Waals surface area contributed by atoms with E-state index in [-0.39, 0.29) is 5.91 Å². The third-order valence-corrected chi connectivity index (χ3v) is 9.10. The van der Waals surface area contributed by atoms with E-state index < -0.39 is 11.5 Å². The van der Waals surface area contributed by atoms with Crippen LogP contribution in [0.25, 0.3) is 11.0 Å². The number of benzene rings is 1. The quantitative estimate of drug-likeness (QED) is 0.428. The number of amides is 1. The smallest absolute Gasteiger partial charge is 0.329 e. The molecule has 7 heteroatoms. The summed E-state index contributed by atoms with van der Waals surface area (Å²) in [5.74, 6) is 0.845. The minimum Gasteiger partial charge on any atom is -0.480 e. The fourth-order valence-corrected chi connectivity index (χ4v) is 6.67. The van der Waals surface area contributed by atoms with E-state index >= 15 is 0 Å². The van der Waals surface area contributed by atoms with Crippen LogP contribution in [0.2, 0.25) is 0 Å². The van der Waals surface area contributed by atoms with E-state index in [4.69, 9.17) is 4.98 Å². The van der Waals surface area contributed by atoms with Crippen LogP contribution in [0, 0.1) is 11.8 Å². The Balaban J connectivity index is 1.48. The Kier molecular flexibility index (Phi) is 6.71. The van der Waals surface area contributed by atoms with Crippen LogP contribution in [0.3, 0.4) is 0 Å². The number of carboxylic acids is 1. The molecule has 3 aromatic rings. The maximum absolute atomic E-state index is 13.2. The number of hydrogen-bond donors (Lipinski definition) is 2. The lowest BCUT2D eigenvalue weighted by Gasteiger charge is -2.36. The molecule has 0 spiro atoms. The number of rotatable bonds is 6. The van der Waals surface area contributed by atoms with Crippen LogP contribution in [0.15, 0.2) is 35.7 Å². The zero-order chi connectivity index (χ0) is 24.6. The summed E-state index contributed by atoms with van der Waals surface area (Å²) in [6, 6.07) is 10.3. The summed E-state index contributed by atoms with van der Waals surface area (Å²) in [6.45, 7) is 4.47. The molecule has 6 nitrogen and oxygen atoms in total. The zero-order valence-corrected chi connectivity index (χ0v) is 21.4. The Hall–Kier alpha value is -2.67. The molecule has 2 N–H and O–H groups in total. The predicted molar refractivity (Wildman–Crippen MR) is 139 cm³/mol. The molecule has 1 amide bonds. The highest BCUT2D eigenvalue weighted by atomic mass is 32.1. The van der Waals surface area contributed by atoms with Gasteiger partial charge in [0.25, 0.3) is 5.91 Å². The van der Waals surface area contributed by atoms with Crippen molar-refractivity contribution in [3.63, 3.8) is 0 Å². The van der Waals surface area contributed by atoms with Gasteiger partial charge in [0.15, 0.2) is 0 Å². The second kappa shape index (κ2) is 9.76. The Morgan fingerprint density at radius 2 is 1.91 bits per heavy atom. The maximum Gasteiger partial charge on any atom is 0.329 e. The van der Waals surface area contributed by atoms with Gasteiger partial charge < -0.3 is 15.0 Å². The molecule has 2 aromatic heterocycles. The summed E-state index contributed by atoms with van der Waals surface area (Å²) in [4.78, 5) is 31.7. The molecule has 0 saturated heterocycles. The van der Waals surface area contributed by atoms with Gasteiger partial charge in [-0.1, -0.05) is 32.8 Å². The van der Waals surface area contributed by atoms with Gasteiger partial charge in [0.1, 0.15) is 11.4 Å². The molecule has 2 fully saturated rings. The molecule has 0 aliphatic heterocycles. The van der Waals surface area contributed by atoms with Crippen molar-refractivity contribution in [3.05, 3.63) is 52.0 Å². The van der Waals surface area contributed by atoms with Gasteiger partial charge in [0, 0.05) is 22.9 Å². The first kappa shape index (κ1) is 24.0. The van der Waals surface area contributed by atoms with Gasteiger partial charge in [-0.05, 0) is 80.0 Å². The number of carbonyl (C=O) groups is 2. The minimum absolute atomic E-state index is 0.329.